The van der Waals surface area contributed by atoms with E-state index in [1.165, 1.54) is 0 Å². The number of morpholine rings is 1. The summed E-state index contributed by atoms with van der Waals surface area (Å²) in [5.74, 6) is 0.0824. The molecule has 0 saturated carbocycles. The first kappa shape index (κ1) is 17.6. The maximum absolute atomic E-state index is 12.2. The summed E-state index contributed by atoms with van der Waals surface area (Å²) in [5, 5.41) is 5.84. The van der Waals surface area contributed by atoms with Crippen LogP contribution < -0.4 is 10.6 Å². The summed E-state index contributed by atoms with van der Waals surface area (Å²) < 4.78 is 5.28. The SMILES string of the molecule is O=C(CN1CCOCC1)Nc1ccc(NC(=O)[C@@H]2CC=CCC2)cc1. The van der Waals surface area contributed by atoms with Crippen LogP contribution in [0.25, 0.3) is 0 Å². The molecule has 1 aromatic rings. The van der Waals surface area contributed by atoms with Crippen LogP contribution in [0.15, 0.2) is 36.4 Å². The number of rotatable bonds is 5. The van der Waals surface area contributed by atoms with Crippen molar-refractivity contribution in [2.75, 3.05) is 43.5 Å². The van der Waals surface area contributed by atoms with Gasteiger partial charge in [0.05, 0.1) is 19.8 Å². The van der Waals surface area contributed by atoms with Crippen molar-refractivity contribution in [3.05, 3.63) is 36.4 Å². The first-order valence-electron chi connectivity index (χ1n) is 8.86. The van der Waals surface area contributed by atoms with E-state index in [1.54, 1.807) is 0 Å². The standard InChI is InChI=1S/C19H25N3O3/c23-18(14-22-10-12-25-13-11-22)20-16-6-8-17(9-7-16)21-19(24)15-4-2-1-3-5-15/h1-2,6-9,15H,3-5,10-14H2,(H,20,23)(H,21,24)/t15-/m1/s1. The van der Waals surface area contributed by atoms with Crippen LogP contribution in [0.2, 0.25) is 0 Å². The highest BCUT2D eigenvalue weighted by atomic mass is 16.5. The highest BCUT2D eigenvalue weighted by Gasteiger charge is 2.18. The van der Waals surface area contributed by atoms with Crippen LogP contribution in [0.1, 0.15) is 19.3 Å². The number of ether oxygens (including phenoxy) is 1. The van der Waals surface area contributed by atoms with Crippen molar-refractivity contribution < 1.29 is 14.3 Å². The molecule has 1 saturated heterocycles. The molecular weight excluding hydrogens is 318 g/mol. The lowest BCUT2D eigenvalue weighted by Crippen LogP contribution is -2.41. The summed E-state index contributed by atoms with van der Waals surface area (Å²) in [5.41, 5.74) is 1.49. The number of nitrogens with zero attached hydrogens (tertiary/aromatic N) is 1. The average Bonchev–Trinajstić information content (AvgIpc) is 2.65. The molecule has 2 N–H and O–H groups in total. The second-order valence-electron chi connectivity index (χ2n) is 6.48. The molecule has 0 spiro atoms. The molecule has 6 heteroatoms. The number of carbonyl (C=O) groups excluding carboxylic acids is 2. The summed E-state index contributed by atoms with van der Waals surface area (Å²) in [6.45, 7) is 3.30. The van der Waals surface area contributed by atoms with Gasteiger partial charge in [0.2, 0.25) is 11.8 Å². The Morgan fingerprint density at radius 1 is 1.04 bits per heavy atom. The molecule has 1 atom stereocenters. The molecule has 6 nitrogen and oxygen atoms in total. The zero-order valence-corrected chi connectivity index (χ0v) is 14.4. The third-order valence-corrected chi connectivity index (χ3v) is 4.55. The molecule has 134 valence electrons. The van der Waals surface area contributed by atoms with Gasteiger partial charge in [-0.1, -0.05) is 12.2 Å². The Kier molecular flexibility index (Phi) is 6.19. The van der Waals surface area contributed by atoms with E-state index in [1.807, 2.05) is 24.3 Å². The van der Waals surface area contributed by atoms with E-state index in [9.17, 15) is 9.59 Å². The maximum Gasteiger partial charge on any atom is 0.238 e. The number of hydrogen-bond acceptors (Lipinski definition) is 4. The monoisotopic (exact) mass is 343 g/mol. The summed E-state index contributed by atoms with van der Waals surface area (Å²) >= 11 is 0. The Hall–Kier alpha value is -2.18. The van der Waals surface area contributed by atoms with E-state index >= 15 is 0 Å². The Morgan fingerprint density at radius 2 is 1.72 bits per heavy atom. The van der Waals surface area contributed by atoms with Crippen molar-refractivity contribution in [3.8, 4) is 0 Å². The van der Waals surface area contributed by atoms with Crippen LogP contribution in [-0.4, -0.2) is 49.6 Å². The predicted octanol–water partition coefficient (Wildman–Crippen LogP) is 2.25. The number of carbonyl (C=O) groups is 2. The quantitative estimate of drug-likeness (QED) is 0.805. The number of anilines is 2. The minimum absolute atomic E-state index is 0.0346. The Bertz CT molecular complexity index is 621. The van der Waals surface area contributed by atoms with Crippen molar-refractivity contribution in [2.45, 2.75) is 19.3 Å². The van der Waals surface area contributed by atoms with Crippen LogP contribution in [-0.2, 0) is 14.3 Å². The van der Waals surface area contributed by atoms with Gasteiger partial charge in [-0.3, -0.25) is 14.5 Å². The van der Waals surface area contributed by atoms with Gasteiger partial charge in [0, 0.05) is 30.4 Å². The topological polar surface area (TPSA) is 70.7 Å². The summed E-state index contributed by atoms with van der Waals surface area (Å²) in [4.78, 5) is 26.4. The number of allylic oxidation sites excluding steroid dienone is 2. The first-order chi connectivity index (χ1) is 12.2. The Morgan fingerprint density at radius 3 is 2.36 bits per heavy atom. The van der Waals surface area contributed by atoms with Gasteiger partial charge in [0.25, 0.3) is 0 Å². The molecule has 1 fully saturated rings. The zero-order chi connectivity index (χ0) is 17.5. The minimum Gasteiger partial charge on any atom is -0.379 e. The molecule has 0 radical (unpaired) electrons. The van der Waals surface area contributed by atoms with Crippen LogP contribution >= 0.6 is 0 Å². The number of hydrogen-bond donors (Lipinski definition) is 2. The van der Waals surface area contributed by atoms with Gasteiger partial charge < -0.3 is 15.4 Å². The molecule has 0 aromatic heterocycles. The van der Waals surface area contributed by atoms with Crippen molar-refractivity contribution in [1.82, 2.24) is 4.90 Å². The molecule has 0 unspecified atom stereocenters. The van der Waals surface area contributed by atoms with E-state index in [2.05, 4.69) is 27.7 Å². The van der Waals surface area contributed by atoms with Gasteiger partial charge in [-0.05, 0) is 43.5 Å². The molecule has 2 aliphatic rings. The third kappa shape index (κ3) is 5.41. The highest BCUT2D eigenvalue weighted by molar-refractivity contribution is 5.94. The highest BCUT2D eigenvalue weighted by Crippen LogP contribution is 2.21. The van der Waals surface area contributed by atoms with Gasteiger partial charge in [0.1, 0.15) is 0 Å². The second kappa shape index (κ2) is 8.78. The van der Waals surface area contributed by atoms with Crippen molar-refractivity contribution in [3.63, 3.8) is 0 Å². The molecule has 1 aliphatic carbocycles. The fourth-order valence-electron chi connectivity index (χ4n) is 3.08. The minimum atomic E-state index is -0.0346. The van der Waals surface area contributed by atoms with E-state index in [0.29, 0.717) is 19.8 Å². The fourth-order valence-corrected chi connectivity index (χ4v) is 3.08. The summed E-state index contributed by atoms with van der Waals surface area (Å²) in [6.07, 6.45) is 6.87. The fraction of sp³-hybridized carbons (Fsp3) is 0.474. The summed E-state index contributed by atoms with van der Waals surface area (Å²) in [6, 6.07) is 7.27. The van der Waals surface area contributed by atoms with Crippen LogP contribution in [0.5, 0.6) is 0 Å². The maximum atomic E-state index is 12.2. The molecule has 1 aliphatic heterocycles. The Labute approximate surface area is 148 Å². The third-order valence-electron chi connectivity index (χ3n) is 4.55. The van der Waals surface area contributed by atoms with Gasteiger partial charge in [-0.2, -0.15) is 0 Å². The molecule has 1 heterocycles. The number of benzene rings is 1. The first-order valence-corrected chi connectivity index (χ1v) is 8.86. The Balaban J connectivity index is 1.47. The van der Waals surface area contributed by atoms with Crippen LogP contribution in [0.3, 0.4) is 0 Å². The molecule has 25 heavy (non-hydrogen) atoms. The van der Waals surface area contributed by atoms with Crippen molar-refractivity contribution in [1.29, 1.82) is 0 Å². The molecule has 1 aromatic carbocycles. The van der Waals surface area contributed by atoms with E-state index in [0.717, 1.165) is 43.7 Å². The predicted molar refractivity (Wildman–Crippen MR) is 97.4 cm³/mol. The van der Waals surface area contributed by atoms with Gasteiger partial charge in [-0.15, -0.1) is 0 Å². The second-order valence-corrected chi connectivity index (χ2v) is 6.48. The lowest BCUT2D eigenvalue weighted by atomic mass is 9.93. The van der Waals surface area contributed by atoms with E-state index < -0.39 is 0 Å². The van der Waals surface area contributed by atoms with Crippen LogP contribution in [0.4, 0.5) is 11.4 Å². The lowest BCUT2D eigenvalue weighted by molar-refractivity contribution is -0.120. The van der Waals surface area contributed by atoms with Crippen molar-refractivity contribution in [2.24, 2.45) is 5.92 Å². The van der Waals surface area contributed by atoms with Crippen molar-refractivity contribution >= 4 is 23.2 Å². The largest absolute Gasteiger partial charge is 0.379 e. The molecular formula is C19H25N3O3. The average molecular weight is 343 g/mol. The van der Waals surface area contributed by atoms with E-state index in [-0.39, 0.29) is 17.7 Å². The van der Waals surface area contributed by atoms with E-state index in [4.69, 9.17) is 4.74 Å². The summed E-state index contributed by atoms with van der Waals surface area (Å²) in [7, 11) is 0. The lowest BCUT2D eigenvalue weighted by Gasteiger charge is -2.25. The molecule has 2 amide bonds. The number of amides is 2. The zero-order valence-electron chi connectivity index (χ0n) is 14.4. The number of nitrogens with one attached hydrogen (secondary N) is 2. The molecule has 3 rings (SSSR count). The van der Waals surface area contributed by atoms with Crippen LogP contribution in [0, 0.1) is 5.92 Å². The normalized spacial score (nSPS) is 20.9. The van der Waals surface area contributed by atoms with Gasteiger partial charge >= 0.3 is 0 Å². The smallest absolute Gasteiger partial charge is 0.238 e. The van der Waals surface area contributed by atoms with Gasteiger partial charge in [0.15, 0.2) is 0 Å². The van der Waals surface area contributed by atoms with Gasteiger partial charge in [-0.25, -0.2) is 0 Å². The molecule has 0 bridgehead atoms.